The van der Waals surface area contributed by atoms with Crippen LogP contribution < -0.4 is 0 Å². The van der Waals surface area contributed by atoms with Gasteiger partial charge >= 0.3 is 0 Å². The molecule has 0 bridgehead atoms. The van der Waals surface area contributed by atoms with E-state index in [0.717, 1.165) is 63.7 Å². The van der Waals surface area contributed by atoms with Crippen LogP contribution >= 0.6 is 15.9 Å². The first kappa shape index (κ1) is 22.5. The predicted molar refractivity (Wildman–Crippen MR) is 136 cm³/mol. The molecule has 0 radical (unpaired) electrons. The number of fused-ring (bicyclic) bond motifs is 2. The summed E-state index contributed by atoms with van der Waals surface area (Å²) in [5.41, 5.74) is 2.65. The maximum absolute atomic E-state index is 13.1. The van der Waals surface area contributed by atoms with Gasteiger partial charge in [-0.3, -0.25) is 9.78 Å². The van der Waals surface area contributed by atoms with Gasteiger partial charge in [-0.05, 0) is 72.3 Å². The summed E-state index contributed by atoms with van der Waals surface area (Å²) in [5, 5.41) is 6.61. The van der Waals surface area contributed by atoms with Crippen molar-refractivity contribution in [2.75, 3.05) is 19.8 Å². The van der Waals surface area contributed by atoms with Crippen LogP contribution in [0.25, 0.3) is 27.6 Å². The molecule has 3 atom stereocenters. The van der Waals surface area contributed by atoms with Gasteiger partial charge in [0, 0.05) is 36.7 Å². The number of nitrogens with zero attached hydrogens (tertiary/aromatic N) is 6. The fourth-order valence-corrected chi connectivity index (χ4v) is 5.85. The second kappa shape index (κ2) is 9.28. The van der Waals surface area contributed by atoms with Crippen LogP contribution in [-0.2, 0) is 16.0 Å². The van der Waals surface area contributed by atoms with Gasteiger partial charge in [0.15, 0.2) is 5.65 Å². The number of halogens is 1. The SMILES string of the molecule is C[C@@H]1COCCN1C(=O)[C@@H]1CC[C@@H](Cc2ncc3c(Br)nn(-c4ccc5ncccc5c4)c3n2)C1. The molecule has 2 fully saturated rings. The Kier molecular flexibility index (Phi) is 5.98. The molecule has 1 saturated carbocycles. The maximum Gasteiger partial charge on any atom is 0.226 e. The van der Waals surface area contributed by atoms with Crippen LogP contribution in [0.4, 0.5) is 0 Å². The van der Waals surface area contributed by atoms with E-state index in [0.29, 0.717) is 25.7 Å². The number of hydrogen-bond donors (Lipinski definition) is 0. The zero-order valence-electron chi connectivity index (χ0n) is 19.6. The average molecular weight is 535 g/mol. The van der Waals surface area contributed by atoms with Crippen LogP contribution in [0.2, 0.25) is 0 Å². The van der Waals surface area contributed by atoms with E-state index in [9.17, 15) is 4.79 Å². The number of carbonyl (C=O) groups is 1. The van der Waals surface area contributed by atoms with E-state index < -0.39 is 0 Å². The molecule has 3 aromatic heterocycles. The van der Waals surface area contributed by atoms with Crippen molar-refractivity contribution in [2.45, 2.75) is 38.6 Å². The zero-order chi connectivity index (χ0) is 23.9. The molecule has 0 N–H and O–H groups in total. The van der Waals surface area contributed by atoms with Crippen molar-refractivity contribution in [1.82, 2.24) is 29.6 Å². The van der Waals surface area contributed by atoms with Gasteiger partial charge in [0.25, 0.3) is 0 Å². The molecule has 4 heterocycles. The van der Waals surface area contributed by atoms with Gasteiger partial charge in [0.1, 0.15) is 10.4 Å². The topological polar surface area (TPSA) is 86.0 Å². The van der Waals surface area contributed by atoms with Crippen LogP contribution in [-0.4, -0.2) is 61.3 Å². The Balaban J connectivity index is 1.22. The summed E-state index contributed by atoms with van der Waals surface area (Å²) < 4.78 is 8.08. The second-order valence-corrected chi connectivity index (χ2v) is 10.4. The van der Waals surface area contributed by atoms with Crippen molar-refractivity contribution < 1.29 is 9.53 Å². The van der Waals surface area contributed by atoms with Gasteiger partial charge < -0.3 is 9.64 Å². The highest BCUT2D eigenvalue weighted by atomic mass is 79.9. The summed E-state index contributed by atoms with van der Waals surface area (Å²) in [4.78, 5) is 29.1. The average Bonchev–Trinajstić information content (AvgIpc) is 3.48. The van der Waals surface area contributed by atoms with Crippen LogP contribution in [0.15, 0.2) is 47.3 Å². The smallest absolute Gasteiger partial charge is 0.226 e. The first-order valence-electron chi connectivity index (χ1n) is 12.2. The minimum absolute atomic E-state index is 0.0927. The van der Waals surface area contributed by atoms with Crippen molar-refractivity contribution in [3.63, 3.8) is 0 Å². The van der Waals surface area contributed by atoms with Crippen LogP contribution in [0.1, 0.15) is 32.0 Å². The summed E-state index contributed by atoms with van der Waals surface area (Å²) in [5.74, 6) is 1.58. The van der Waals surface area contributed by atoms with Crippen molar-refractivity contribution >= 4 is 43.8 Å². The number of carbonyl (C=O) groups excluding carboxylic acids is 1. The highest BCUT2D eigenvalue weighted by molar-refractivity contribution is 9.10. The van der Waals surface area contributed by atoms with E-state index in [1.54, 1.807) is 6.20 Å². The number of aromatic nitrogens is 5. The van der Waals surface area contributed by atoms with Gasteiger partial charge in [0.2, 0.25) is 5.91 Å². The molecule has 1 saturated heterocycles. The minimum atomic E-state index is 0.0927. The molecule has 4 aromatic rings. The third kappa shape index (κ3) is 4.31. The summed E-state index contributed by atoms with van der Waals surface area (Å²) in [6, 6.07) is 10.2. The molecule has 35 heavy (non-hydrogen) atoms. The van der Waals surface area contributed by atoms with E-state index in [-0.39, 0.29) is 17.9 Å². The normalized spacial score (nSPS) is 22.8. The fraction of sp³-hybridized carbons (Fsp3) is 0.423. The van der Waals surface area contributed by atoms with Gasteiger partial charge in [-0.2, -0.15) is 5.10 Å². The second-order valence-electron chi connectivity index (χ2n) is 9.64. The number of pyridine rings is 1. The van der Waals surface area contributed by atoms with E-state index in [1.165, 1.54) is 0 Å². The number of benzene rings is 1. The predicted octanol–water partition coefficient (Wildman–Crippen LogP) is 4.33. The number of rotatable bonds is 4. The Labute approximate surface area is 211 Å². The third-order valence-electron chi connectivity index (χ3n) is 7.27. The van der Waals surface area contributed by atoms with Crippen molar-refractivity contribution in [3.05, 3.63) is 53.2 Å². The lowest BCUT2D eigenvalue weighted by atomic mass is 10.00. The molecule has 180 valence electrons. The van der Waals surface area contributed by atoms with Gasteiger partial charge in [-0.1, -0.05) is 6.07 Å². The van der Waals surface area contributed by atoms with E-state index in [1.807, 2.05) is 40.0 Å². The molecular formula is C26H27BrN6O2. The Morgan fingerprint density at radius 1 is 1.23 bits per heavy atom. The van der Waals surface area contributed by atoms with Crippen LogP contribution in [0, 0.1) is 11.8 Å². The first-order chi connectivity index (χ1) is 17.1. The molecule has 1 aliphatic carbocycles. The standard InChI is InChI=1S/C26H27BrN6O2/c1-16-15-35-10-9-32(16)26(34)19-5-4-17(11-19)12-23-29-14-21-24(27)31-33(25(21)30-23)20-6-7-22-18(13-20)3-2-8-28-22/h2-3,6-8,13-14,16-17,19H,4-5,9-12,15H2,1H3/t16-,17-,19-/m1/s1. The van der Waals surface area contributed by atoms with E-state index in [4.69, 9.17) is 9.72 Å². The number of amides is 1. The number of hydrogen-bond acceptors (Lipinski definition) is 6. The third-order valence-corrected chi connectivity index (χ3v) is 7.86. The lowest BCUT2D eigenvalue weighted by molar-refractivity contribution is -0.143. The molecule has 9 heteroatoms. The Morgan fingerprint density at radius 2 is 2.14 bits per heavy atom. The van der Waals surface area contributed by atoms with Gasteiger partial charge in [-0.15, -0.1) is 0 Å². The fourth-order valence-electron chi connectivity index (χ4n) is 5.41. The molecule has 0 spiro atoms. The molecule has 1 amide bonds. The van der Waals surface area contributed by atoms with Gasteiger partial charge in [0.05, 0.1) is 35.8 Å². The molecule has 1 aliphatic heterocycles. The molecule has 0 unspecified atom stereocenters. The number of morpholine rings is 1. The summed E-state index contributed by atoms with van der Waals surface area (Å²) >= 11 is 3.57. The lowest BCUT2D eigenvalue weighted by Crippen LogP contribution is -2.49. The highest BCUT2D eigenvalue weighted by Gasteiger charge is 2.35. The summed E-state index contributed by atoms with van der Waals surface area (Å²) in [7, 11) is 0. The Bertz CT molecular complexity index is 1410. The maximum atomic E-state index is 13.1. The Hall–Kier alpha value is -2.91. The Morgan fingerprint density at radius 3 is 3.03 bits per heavy atom. The monoisotopic (exact) mass is 534 g/mol. The van der Waals surface area contributed by atoms with Crippen molar-refractivity contribution in [3.8, 4) is 5.69 Å². The largest absolute Gasteiger partial charge is 0.377 e. The molecule has 2 aliphatic rings. The van der Waals surface area contributed by atoms with E-state index >= 15 is 0 Å². The first-order valence-corrected chi connectivity index (χ1v) is 13.0. The van der Waals surface area contributed by atoms with Crippen LogP contribution in [0.5, 0.6) is 0 Å². The quantitative estimate of drug-likeness (QED) is 0.387. The molecule has 6 rings (SSSR count). The molecule has 8 nitrogen and oxygen atoms in total. The summed E-state index contributed by atoms with van der Waals surface area (Å²) in [6.07, 6.45) is 7.26. The zero-order valence-corrected chi connectivity index (χ0v) is 21.2. The van der Waals surface area contributed by atoms with Crippen molar-refractivity contribution in [2.24, 2.45) is 11.8 Å². The minimum Gasteiger partial charge on any atom is -0.377 e. The molecule has 1 aromatic carbocycles. The van der Waals surface area contributed by atoms with E-state index in [2.05, 4.69) is 44.0 Å². The van der Waals surface area contributed by atoms with Gasteiger partial charge in [-0.25, -0.2) is 14.6 Å². The number of ether oxygens (including phenoxy) is 1. The lowest BCUT2D eigenvalue weighted by Gasteiger charge is -2.35. The molecular weight excluding hydrogens is 508 g/mol. The van der Waals surface area contributed by atoms with Crippen LogP contribution in [0.3, 0.4) is 0 Å². The summed E-state index contributed by atoms with van der Waals surface area (Å²) in [6.45, 7) is 4.04. The highest BCUT2D eigenvalue weighted by Crippen LogP contribution is 2.35. The van der Waals surface area contributed by atoms with Crippen molar-refractivity contribution in [1.29, 1.82) is 0 Å².